The van der Waals surface area contributed by atoms with Crippen LogP contribution in [0.5, 0.6) is 0 Å². The highest BCUT2D eigenvalue weighted by Crippen LogP contribution is 2.25. The molecule has 9 heteroatoms. The predicted molar refractivity (Wildman–Crippen MR) is 121 cm³/mol. The number of carbonyl (C=O) groups is 3. The third-order valence-electron chi connectivity index (χ3n) is 5.52. The van der Waals surface area contributed by atoms with Crippen LogP contribution < -0.4 is 16.8 Å². The molecule has 0 spiro atoms. The summed E-state index contributed by atoms with van der Waals surface area (Å²) in [5, 5.41) is 2.83. The van der Waals surface area contributed by atoms with E-state index in [0.29, 0.717) is 5.57 Å². The zero-order chi connectivity index (χ0) is 24.6. The molecular formula is C23H41N3O6. The molecule has 0 aromatic carbocycles. The number of amides is 1. The summed E-state index contributed by atoms with van der Waals surface area (Å²) in [6.45, 7) is 12.6. The first kappa shape index (κ1) is 28.1. The Morgan fingerprint density at radius 2 is 1.69 bits per heavy atom. The van der Waals surface area contributed by atoms with E-state index in [1.54, 1.807) is 19.9 Å². The molecule has 1 unspecified atom stereocenters. The fraction of sp³-hybridized carbons (Fsp3) is 0.783. The Labute approximate surface area is 191 Å². The SMILES string of the molecule is CCC(CC)O[C@@H]1C=C(C(=O)OC(OC(=O)[C@H](N)C(C)C)C(C)C)C[C@H](N)[C@H]1NC(C)=O. The van der Waals surface area contributed by atoms with Crippen molar-refractivity contribution in [3.8, 4) is 0 Å². The normalized spacial score (nSPS) is 23.0. The Bertz CT molecular complexity index is 675. The summed E-state index contributed by atoms with van der Waals surface area (Å²) < 4.78 is 17.0. The second-order valence-electron chi connectivity index (χ2n) is 9.05. The van der Waals surface area contributed by atoms with E-state index in [9.17, 15) is 14.4 Å². The van der Waals surface area contributed by atoms with Crippen molar-refractivity contribution in [1.82, 2.24) is 5.32 Å². The predicted octanol–water partition coefficient (Wildman–Crippen LogP) is 1.77. The third-order valence-corrected chi connectivity index (χ3v) is 5.52. The van der Waals surface area contributed by atoms with Gasteiger partial charge in [0.15, 0.2) is 0 Å². The van der Waals surface area contributed by atoms with E-state index in [1.165, 1.54) is 6.92 Å². The Hall–Kier alpha value is -1.97. The van der Waals surface area contributed by atoms with Gasteiger partial charge in [-0.1, -0.05) is 41.5 Å². The van der Waals surface area contributed by atoms with Gasteiger partial charge in [-0.2, -0.15) is 0 Å². The zero-order valence-electron chi connectivity index (χ0n) is 20.4. The van der Waals surface area contributed by atoms with Crippen molar-refractivity contribution in [2.75, 3.05) is 0 Å². The van der Waals surface area contributed by atoms with Gasteiger partial charge in [0.2, 0.25) is 12.2 Å². The van der Waals surface area contributed by atoms with Gasteiger partial charge in [-0.3, -0.25) is 9.59 Å². The molecule has 0 aromatic rings. The van der Waals surface area contributed by atoms with Crippen molar-refractivity contribution < 1.29 is 28.6 Å². The van der Waals surface area contributed by atoms with E-state index < -0.39 is 42.5 Å². The molecule has 0 heterocycles. The fourth-order valence-corrected chi connectivity index (χ4v) is 3.34. The van der Waals surface area contributed by atoms with E-state index in [1.807, 2.05) is 27.7 Å². The van der Waals surface area contributed by atoms with Crippen molar-refractivity contribution in [1.29, 1.82) is 0 Å². The molecule has 1 amide bonds. The second-order valence-corrected chi connectivity index (χ2v) is 9.05. The molecule has 1 rings (SSSR count). The molecule has 5 atom stereocenters. The summed E-state index contributed by atoms with van der Waals surface area (Å²) in [7, 11) is 0. The molecule has 1 aliphatic rings. The van der Waals surface area contributed by atoms with Crippen LogP contribution in [0.2, 0.25) is 0 Å². The van der Waals surface area contributed by atoms with Crippen molar-refractivity contribution >= 4 is 17.8 Å². The summed E-state index contributed by atoms with van der Waals surface area (Å²) >= 11 is 0. The maximum Gasteiger partial charge on any atom is 0.336 e. The molecular weight excluding hydrogens is 414 g/mol. The van der Waals surface area contributed by atoms with Gasteiger partial charge < -0.3 is 31.0 Å². The van der Waals surface area contributed by atoms with E-state index >= 15 is 0 Å². The van der Waals surface area contributed by atoms with Crippen LogP contribution in [0.25, 0.3) is 0 Å². The fourth-order valence-electron chi connectivity index (χ4n) is 3.34. The summed E-state index contributed by atoms with van der Waals surface area (Å²) in [4.78, 5) is 36.9. The summed E-state index contributed by atoms with van der Waals surface area (Å²) in [5.41, 5.74) is 12.5. The van der Waals surface area contributed by atoms with Crippen LogP contribution in [0.15, 0.2) is 11.6 Å². The average Bonchev–Trinajstić information content (AvgIpc) is 2.71. The lowest BCUT2D eigenvalue weighted by Gasteiger charge is -2.37. The number of esters is 2. The number of hydrogen-bond donors (Lipinski definition) is 3. The molecule has 0 saturated heterocycles. The van der Waals surface area contributed by atoms with Crippen LogP contribution >= 0.6 is 0 Å². The molecule has 0 saturated carbocycles. The van der Waals surface area contributed by atoms with E-state index in [-0.39, 0.29) is 30.3 Å². The quantitative estimate of drug-likeness (QED) is 0.316. The van der Waals surface area contributed by atoms with Crippen LogP contribution in [0.1, 0.15) is 67.7 Å². The lowest BCUT2D eigenvalue weighted by Crippen LogP contribution is -2.57. The first-order valence-electron chi connectivity index (χ1n) is 11.5. The van der Waals surface area contributed by atoms with Crippen LogP contribution in [0, 0.1) is 11.8 Å². The van der Waals surface area contributed by atoms with Gasteiger partial charge in [-0.15, -0.1) is 0 Å². The highest BCUT2D eigenvalue weighted by Gasteiger charge is 2.37. The maximum atomic E-state index is 12.9. The van der Waals surface area contributed by atoms with Crippen molar-refractivity contribution in [2.45, 2.75) is 104 Å². The monoisotopic (exact) mass is 455 g/mol. The largest absolute Gasteiger partial charge is 0.424 e. The first-order valence-corrected chi connectivity index (χ1v) is 11.5. The van der Waals surface area contributed by atoms with Gasteiger partial charge in [0, 0.05) is 24.5 Å². The molecule has 0 fully saturated rings. The van der Waals surface area contributed by atoms with Crippen molar-refractivity contribution in [3.05, 3.63) is 11.6 Å². The van der Waals surface area contributed by atoms with Gasteiger partial charge >= 0.3 is 11.9 Å². The smallest absolute Gasteiger partial charge is 0.336 e. The minimum absolute atomic E-state index is 0.0445. The van der Waals surface area contributed by atoms with E-state index in [4.69, 9.17) is 25.7 Å². The lowest BCUT2D eigenvalue weighted by molar-refractivity contribution is -0.195. The standard InChI is InChI=1S/C23H41N3O6/c1-8-16(9-2)30-18-11-15(10-17(24)20(18)26-14(7)27)21(28)31-23(13(5)6)32-22(29)19(25)12(3)4/h11-13,16-20,23H,8-10,24-25H2,1-7H3,(H,26,27)/t17-,18+,19+,20+,23?/m0/s1. The molecule has 32 heavy (non-hydrogen) atoms. The van der Waals surface area contributed by atoms with Gasteiger partial charge in [-0.25, -0.2) is 4.79 Å². The zero-order valence-corrected chi connectivity index (χ0v) is 20.4. The number of rotatable bonds is 11. The lowest BCUT2D eigenvalue weighted by atomic mass is 9.88. The van der Waals surface area contributed by atoms with Gasteiger partial charge in [0.05, 0.1) is 18.2 Å². The summed E-state index contributed by atoms with van der Waals surface area (Å²) in [6.07, 6.45) is 1.71. The maximum absolute atomic E-state index is 12.9. The van der Waals surface area contributed by atoms with Crippen LogP contribution in [0.4, 0.5) is 0 Å². The van der Waals surface area contributed by atoms with Gasteiger partial charge in [0.25, 0.3) is 0 Å². The number of ether oxygens (including phenoxy) is 3. The number of hydrogen-bond acceptors (Lipinski definition) is 8. The van der Waals surface area contributed by atoms with Crippen molar-refractivity contribution in [2.24, 2.45) is 23.3 Å². The van der Waals surface area contributed by atoms with Gasteiger partial charge in [-0.05, 0) is 31.3 Å². The number of carbonyl (C=O) groups excluding carboxylic acids is 3. The van der Waals surface area contributed by atoms with E-state index in [0.717, 1.165) is 12.8 Å². The van der Waals surface area contributed by atoms with Crippen LogP contribution in [-0.2, 0) is 28.6 Å². The summed E-state index contributed by atoms with van der Waals surface area (Å²) in [5.74, 6) is -1.87. The second kappa shape index (κ2) is 12.9. The van der Waals surface area contributed by atoms with Gasteiger partial charge in [0.1, 0.15) is 6.04 Å². The third kappa shape index (κ3) is 8.18. The number of nitrogens with two attached hydrogens (primary N) is 2. The first-order chi connectivity index (χ1) is 14.9. The Kier molecular flexibility index (Phi) is 11.3. The molecule has 0 radical (unpaired) electrons. The Morgan fingerprint density at radius 3 is 2.16 bits per heavy atom. The molecule has 9 nitrogen and oxygen atoms in total. The highest BCUT2D eigenvalue weighted by atomic mass is 16.7. The molecule has 1 aliphatic carbocycles. The van der Waals surface area contributed by atoms with Crippen LogP contribution in [-0.4, -0.2) is 54.5 Å². The number of nitrogens with one attached hydrogen (secondary N) is 1. The molecule has 0 bridgehead atoms. The topological polar surface area (TPSA) is 143 Å². The minimum Gasteiger partial charge on any atom is -0.424 e. The Balaban J connectivity index is 3.05. The minimum atomic E-state index is -1.08. The van der Waals surface area contributed by atoms with Crippen LogP contribution in [0.3, 0.4) is 0 Å². The molecule has 0 aromatic heterocycles. The molecule has 5 N–H and O–H groups in total. The molecule has 184 valence electrons. The van der Waals surface area contributed by atoms with Crippen molar-refractivity contribution in [3.63, 3.8) is 0 Å². The molecule has 0 aliphatic heterocycles. The average molecular weight is 456 g/mol. The Morgan fingerprint density at radius 1 is 1.09 bits per heavy atom. The van der Waals surface area contributed by atoms with E-state index in [2.05, 4.69) is 5.32 Å². The summed E-state index contributed by atoms with van der Waals surface area (Å²) in [6, 6.07) is -1.82. The highest BCUT2D eigenvalue weighted by molar-refractivity contribution is 5.89.